The van der Waals surface area contributed by atoms with Crippen molar-refractivity contribution in [3.63, 3.8) is 0 Å². The van der Waals surface area contributed by atoms with Gasteiger partial charge in [-0.25, -0.2) is 0 Å². The smallest absolute Gasteiger partial charge is 0.303 e. The minimum absolute atomic E-state index is 0.0145. The Morgan fingerprint density at radius 2 is 1.83 bits per heavy atom. The Balaban J connectivity index is 2.69. The molecule has 0 aromatic rings. The second-order valence-electron chi connectivity index (χ2n) is 5.12. The summed E-state index contributed by atoms with van der Waals surface area (Å²) in [7, 11) is 0. The zero-order valence-electron chi connectivity index (χ0n) is 11.6. The van der Waals surface area contributed by atoms with Gasteiger partial charge in [-0.2, -0.15) is 0 Å². The van der Waals surface area contributed by atoms with E-state index in [1.54, 1.807) is 0 Å². The van der Waals surface area contributed by atoms with Gasteiger partial charge < -0.3 is 14.2 Å². The van der Waals surface area contributed by atoms with Crippen molar-refractivity contribution in [2.45, 2.75) is 52.9 Å². The number of carbonyl (C=O) groups is 2. The molecule has 0 spiro atoms. The minimum atomic E-state index is -0.331. The average Bonchev–Trinajstić information content (AvgIpc) is 2.53. The van der Waals surface area contributed by atoms with E-state index in [0.717, 1.165) is 0 Å². The maximum absolute atomic E-state index is 11.1. The summed E-state index contributed by atoms with van der Waals surface area (Å²) in [5.74, 6) is -0.392. The molecule has 0 saturated carbocycles. The topological polar surface area (TPSA) is 61.8 Å². The van der Waals surface area contributed by atoms with Gasteiger partial charge in [0.2, 0.25) is 0 Å². The van der Waals surface area contributed by atoms with Crippen molar-refractivity contribution in [3.05, 3.63) is 0 Å². The number of rotatable bonds is 4. The zero-order chi connectivity index (χ0) is 13.9. The van der Waals surface area contributed by atoms with Crippen LogP contribution in [-0.2, 0) is 23.8 Å². The van der Waals surface area contributed by atoms with Crippen molar-refractivity contribution in [2.75, 3.05) is 6.61 Å². The second-order valence-corrected chi connectivity index (χ2v) is 5.12. The molecule has 5 nitrogen and oxygen atoms in total. The summed E-state index contributed by atoms with van der Waals surface area (Å²) in [6.07, 6.45) is -0.641. The molecule has 0 N–H and O–H groups in total. The normalized spacial score (nSPS) is 31.4. The lowest BCUT2D eigenvalue weighted by Crippen LogP contribution is -2.34. The molecule has 1 aliphatic rings. The Kier molecular flexibility index (Phi) is 5.14. The van der Waals surface area contributed by atoms with E-state index in [1.165, 1.54) is 13.8 Å². The summed E-state index contributed by atoms with van der Waals surface area (Å²) in [5, 5.41) is 0. The average molecular weight is 258 g/mol. The highest BCUT2D eigenvalue weighted by molar-refractivity contribution is 5.66. The molecular weight excluding hydrogens is 236 g/mol. The lowest BCUT2D eigenvalue weighted by atomic mass is 9.93. The molecule has 4 atom stereocenters. The first kappa shape index (κ1) is 15.0. The highest BCUT2D eigenvalue weighted by Gasteiger charge is 2.45. The second kappa shape index (κ2) is 6.18. The number of ether oxygens (including phenoxy) is 3. The standard InChI is InChI=1S/C13H22O5/c1-7(2)12-13(17-10(5)15)8(3)11(18-12)6-16-9(4)14/h7-8,11-13H,6H2,1-5H3/t8-,11+,12?,13+/m0/s1. The predicted octanol–water partition coefficient (Wildman–Crippen LogP) is 1.54. The molecule has 1 heterocycles. The molecule has 1 rings (SSSR count). The molecule has 0 radical (unpaired) electrons. The Morgan fingerprint density at radius 3 is 2.28 bits per heavy atom. The van der Waals surface area contributed by atoms with E-state index in [2.05, 4.69) is 0 Å². The van der Waals surface area contributed by atoms with Crippen LogP contribution < -0.4 is 0 Å². The van der Waals surface area contributed by atoms with Crippen molar-refractivity contribution >= 4 is 11.9 Å². The Bertz CT molecular complexity index is 313. The fourth-order valence-electron chi connectivity index (χ4n) is 2.21. The van der Waals surface area contributed by atoms with Gasteiger partial charge in [0, 0.05) is 19.8 Å². The van der Waals surface area contributed by atoms with Crippen molar-refractivity contribution in [1.82, 2.24) is 0 Å². The van der Waals surface area contributed by atoms with Crippen LogP contribution >= 0.6 is 0 Å². The number of esters is 2. The summed E-state index contributed by atoms with van der Waals surface area (Å²) in [4.78, 5) is 21.9. The van der Waals surface area contributed by atoms with Gasteiger partial charge >= 0.3 is 11.9 Å². The van der Waals surface area contributed by atoms with Gasteiger partial charge in [-0.15, -0.1) is 0 Å². The minimum Gasteiger partial charge on any atom is -0.463 e. The van der Waals surface area contributed by atoms with Crippen molar-refractivity contribution in [1.29, 1.82) is 0 Å². The first-order valence-corrected chi connectivity index (χ1v) is 6.29. The van der Waals surface area contributed by atoms with E-state index in [4.69, 9.17) is 14.2 Å². The summed E-state index contributed by atoms with van der Waals surface area (Å²) in [6, 6.07) is 0. The van der Waals surface area contributed by atoms with Crippen LogP contribution in [0.15, 0.2) is 0 Å². The molecule has 0 aliphatic carbocycles. The summed E-state index contributed by atoms with van der Waals surface area (Å²) in [5.41, 5.74) is 0. The number of carbonyl (C=O) groups excluding carboxylic acids is 2. The third-order valence-corrected chi connectivity index (χ3v) is 3.17. The molecule has 0 aromatic carbocycles. The first-order chi connectivity index (χ1) is 8.32. The SMILES string of the molecule is CC(=O)OC[C@H]1OC(C(C)C)[C@H](OC(C)=O)[C@H]1C. The first-order valence-electron chi connectivity index (χ1n) is 6.29. The van der Waals surface area contributed by atoms with E-state index < -0.39 is 0 Å². The Hall–Kier alpha value is -1.10. The van der Waals surface area contributed by atoms with Crippen LogP contribution in [0.2, 0.25) is 0 Å². The Labute approximate surface area is 108 Å². The molecule has 104 valence electrons. The highest BCUT2D eigenvalue weighted by atomic mass is 16.6. The molecule has 5 heteroatoms. The molecule has 18 heavy (non-hydrogen) atoms. The van der Waals surface area contributed by atoms with Gasteiger partial charge in [0.05, 0.1) is 12.2 Å². The molecule has 1 unspecified atom stereocenters. The summed E-state index contributed by atoms with van der Waals surface area (Å²) >= 11 is 0. The van der Waals surface area contributed by atoms with Gasteiger partial charge in [0.1, 0.15) is 12.7 Å². The lowest BCUT2D eigenvalue weighted by molar-refractivity contribution is -0.151. The van der Waals surface area contributed by atoms with Crippen LogP contribution in [0.5, 0.6) is 0 Å². The van der Waals surface area contributed by atoms with Crippen LogP contribution in [0.4, 0.5) is 0 Å². The summed E-state index contributed by atoms with van der Waals surface area (Å²) in [6.45, 7) is 8.94. The molecule has 0 bridgehead atoms. The molecule has 0 amide bonds. The van der Waals surface area contributed by atoms with Crippen molar-refractivity contribution in [3.8, 4) is 0 Å². The monoisotopic (exact) mass is 258 g/mol. The predicted molar refractivity (Wildman–Crippen MR) is 64.9 cm³/mol. The molecule has 1 aliphatic heterocycles. The largest absolute Gasteiger partial charge is 0.463 e. The van der Waals surface area contributed by atoms with Gasteiger partial charge in [0.15, 0.2) is 0 Å². The van der Waals surface area contributed by atoms with Crippen LogP contribution in [0.1, 0.15) is 34.6 Å². The van der Waals surface area contributed by atoms with Crippen molar-refractivity contribution in [2.24, 2.45) is 11.8 Å². The van der Waals surface area contributed by atoms with E-state index in [1.807, 2.05) is 20.8 Å². The van der Waals surface area contributed by atoms with Crippen LogP contribution in [0.25, 0.3) is 0 Å². The van der Waals surface area contributed by atoms with Gasteiger partial charge in [-0.1, -0.05) is 20.8 Å². The van der Waals surface area contributed by atoms with Crippen LogP contribution in [0.3, 0.4) is 0 Å². The maximum atomic E-state index is 11.1. The lowest BCUT2D eigenvalue weighted by Gasteiger charge is -2.23. The third kappa shape index (κ3) is 3.70. The maximum Gasteiger partial charge on any atom is 0.303 e. The molecule has 0 aromatic heterocycles. The van der Waals surface area contributed by atoms with E-state index in [0.29, 0.717) is 0 Å². The van der Waals surface area contributed by atoms with Gasteiger partial charge in [-0.05, 0) is 5.92 Å². The fourth-order valence-corrected chi connectivity index (χ4v) is 2.21. The van der Waals surface area contributed by atoms with E-state index in [9.17, 15) is 9.59 Å². The quantitative estimate of drug-likeness (QED) is 0.716. The highest BCUT2D eigenvalue weighted by Crippen LogP contribution is 2.33. The van der Waals surface area contributed by atoms with Crippen LogP contribution in [0, 0.1) is 11.8 Å². The third-order valence-electron chi connectivity index (χ3n) is 3.17. The molecule has 1 fully saturated rings. The van der Waals surface area contributed by atoms with Gasteiger partial charge in [-0.3, -0.25) is 9.59 Å². The van der Waals surface area contributed by atoms with E-state index in [-0.39, 0.29) is 48.7 Å². The zero-order valence-corrected chi connectivity index (χ0v) is 11.6. The van der Waals surface area contributed by atoms with Crippen molar-refractivity contribution < 1.29 is 23.8 Å². The number of hydrogen-bond acceptors (Lipinski definition) is 5. The van der Waals surface area contributed by atoms with Crippen LogP contribution in [-0.4, -0.2) is 36.9 Å². The summed E-state index contributed by atoms with van der Waals surface area (Å²) < 4.78 is 16.1. The fraction of sp³-hybridized carbons (Fsp3) is 0.846. The Morgan fingerprint density at radius 1 is 1.22 bits per heavy atom. The van der Waals surface area contributed by atoms with E-state index >= 15 is 0 Å². The molecular formula is C13H22O5. The molecule has 1 saturated heterocycles. The number of hydrogen-bond donors (Lipinski definition) is 0. The van der Waals surface area contributed by atoms with Gasteiger partial charge in [0.25, 0.3) is 0 Å².